The van der Waals surface area contributed by atoms with E-state index in [4.69, 9.17) is 27.9 Å². The van der Waals surface area contributed by atoms with Gasteiger partial charge in [-0.25, -0.2) is 4.79 Å². The zero-order valence-electron chi connectivity index (χ0n) is 11.0. The highest BCUT2D eigenvalue weighted by molar-refractivity contribution is 6.36. The smallest absolute Gasteiger partial charge is 0.408 e. The Hall–Kier alpha value is -1.37. The number of amides is 1. The molecule has 0 aliphatic carbocycles. The number of hydrogen-bond acceptors (Lipinski definition) is 2. The van der Waals surface area contributed by atoms with Crippen molar-refractivity contribution in [2.75, 3.05) is 6.54 Å². The van der Waals surface area contributed by atoms with Gasteiger partial charge in [0.15, 0.2) is 0 Å². The van der Waals surface area contributed by atoms with Crippen LogP contribution in [-0.2, 0) is 4.74 Å². The Labute approximate surface area is 123 Å². The number of rotatable bonds is 1. The average Bonchev–Trinajstić information content (AvgIpc) is 2.25. The molecule has 1 N–H and O–H groups in total. The Kier molecular flexibility index (Phi) is 5.53. The summed E-state index contributed by atoms with van der Waals surface area (Å²) in [6, 6.07) is 5.16. The molecule has 0 spiro atoms. The summed E-state index contributed by atoms with van der Waals surface area (Å²) < 4.78 is 5.07. The van der Waals surface area contributed by atoms with E-state index in [2.05, 4.69) is 17.2 Å². The van der Waals surface area contributed by atoms with Crippen molar-refractivity contribution in [3.63, 3.8) is 0 Å². The molecule has 0 radical (unpaired) electrons. The van der Waals surface area contributed by atoms with Gasteiger partial charge in [0.05, 0.1) is 22.2 Å². The maximum absolute atomic E-state index is 11.4. The molecule has 1 aromatic rings. The SMILES string of the molecule is CC(C)(C)OC(=O)NCC#Cc1c(Cl)cccc1Cl. The maximum Gasteiger partial charge on any atom is 0.408 e. The summed E-state index contributed by atoms with van der Waals surface area (Å²) in [4.78, 5) is 11.4. The van der Waals surface area contributed by atoms with Crippen LogP contribution in [0.3, 0.4) is 0 Å². The molecular formula is C14H15Cl2NO2. The highest BCUT2D eigenvalue weighted by atomic mass is 35.5. The minimum Gasteiger partial charge on any atom is -0.444 e. The van der Waals surface area contributed by atoms with Crippen molar-refractivity contribution in [1.29, 1.82) is 0 Å². The largest absolute Gasteiger partial charge is 0.444 e. The molecule has 0 aliphatic heterocycles. The number of alkyl carbamates (subject to hydrolysis) is 1. The standard InChI is InChI=1S/C14H15Cl2NO2/c1-14(2,3)19-13(18)17-9-5-6-10-11(15)7-4-8-12(10)16/h4,7-8H,9H2,1-3H3,(H,17,18). The highest BCUT2D eigenvalue weighted by Gasteiger charge is 2.15. The van der Waals surface area contributed by atoms with E-state index in [0.717, 1.165) is 0 Å². The first-order valence-corrected chi connectivity index (χ1v) is 6.45. The molecular weight excluding hydrogens is 285 g/mol. The molecule has 0 fully saturated rings. The third-order valence-electron chi connectivity index (χ3n) is 1.90. The molecule has 0 atom stereocenters. The van der Waals surface area contributed by atoms with Crippen LogP contribution in [0.2, 0.25) is 10.0 Å². The van der Waals surface area contributed by atoms with E-state index in [1.165, 1.54) is 0 Å². The third-order valence-corrected chi connectivity index (χ3v) is 2.53. The van der Waals surface area contributed by atoms with Crippen molar-refractivity contribution in [3.05, 3.63) is 33.8 Å². The van der Waals surface area contributed by atoms with Gasteiger partial charge in [0.25, 0.3) is 0 Å². The summed E-state index contributed by atoms with van der Waals surface area (Å²) in [6.07, 6.45) is -0.507. The van der Waals surface area contributed by atoms with Gasteiger partial charge in [0.1, 0.15) is 5.60 Å². The zero-order valence-corrected chi connectivity index (χ0v) is 12.5. The Morgan fingerprint density at radius 1 is 1.32 bits per heavy atom. The van der Waals surface area contributed by atoms with Crippen LogP contribution < -0.4 is 5.32 Å². The topological polar surface area (TPSA) is 38.3 Å². The second-order valence-corrected chi connectivity index (χ2v) is 5.57. The second-order valence-electron chi connectivity index (χ2n) is 4.75. The molecule has 1 amide bonds. The number of carbonyl (C=O) groups excluding carboxylic acids is 1. The Morgan fingerprint density at radius 3 is 2.42 bits per heavy atom. The molecule has 19 heavy (non-hydrogen) atoms. The molecule has 0 unspecified atom stereocenters. The lowest BCUT2D eigenvalue weighted by Gasteiger charge is -2.19. The van der Waals surface area contributed by atoms with E-state index in [9.17, 15) is 4.79 Å². The summed E-state index contributed by atoms with van der Waals surface area (Å²) in [6.45, 7) is 5.54. The molecule has 0 aliphatic rings. The molecule has 1 aromatic carbocycles. The molecule has 102 valence electrons. The van der Waals surface area contributed by atoms with Crippen molar-refractivity contribution in [3.8, 4) is 11.8 Å². The monoisotopic (exact) mass is 299 g/mol. The summed E-state index contributed by atoms with van der Waals surface area (Å²) in [7, 11) is 0. The lowest BCUT2D eigenvalue weighted by Crippen LogP contribution is -2.32. The quantitative estimate of drug-likeness (QED) is 0.800. The second kappa shape index (κ2) is 6.70. The van der Waals surface area contributed by atoms with Gasteiger partial charge in [-0.3, -0.25) is 0 Å². The van der Waals surface area contributed by atoms with E-state index < -0.39 is 11.7 Å². The number of ether oxygens (including phenoxy) is 1. The van der Waals surface area contributed by atoms with Crippen LogP contribution in [0.15, 0.2) is 18.2 Å². The zero-order chi connectivity index (χ0) is 14.5. The van der Waals surface area contributed by atoms with Crippen molar-refractivity contribution in [2.24, 2.45) is 0 Å². The van der Waals surface area contributed by atoms with Crippen LogP contribution in [0.1, 0.15) is 26.3 Å². The first-order chi connectivity index (χ1) is 8.79. The average molecular weight is 300 g/mol. The molecule has 0 aromatic heterocycles. The Morgan fingerprint density at radius 2 is 1.89 bits per heavy atom. The van der Waals surface area contributed by atoms with Crippen LogP contribution in [0.25, 0.3) is 0 Å². The van der Waals surface area contributed by atoms with Gasteiger partial charge >= 0.3 is 6.09 Å². The van der Waals surface area contributed by atoms with Crippen LogP contribution in [0, 0.1) is 11.8 Å². The fourth-order valence-corrected chi connectivity index (χ4v) is 1.67. The fourth-order valence-electron chi connectivity index (χ4n) is 1.18. The number of nitrogens with one attached hydrogen (secondary N) is 1. The maximum atomic E-state index is 11.4. The highest BCUT2D eigenvalue weighted by Crippen LogP contribution is 2.22. The predicted octanol–water partition coefficient (Wildman–Crippen LogP) is 3.87. The van der Waals surface area contributed by atoms with Crippen LogP contribution in [0.5, 0.6) is 0 Å². The van der Waals surface area contributed by atoms with Crippen molar-refractivity contribution < 1.29 is 9.53 Å². The van der Waals surface area contributed by atoms with Gasteiger partial charge in [0, 0.05) is 0 Å². The fraction of sp³-hybridized carbons (Fsp3) is 0.357. The van der Waals surface area contributed by atoms with Gasteiger partial charge in [-0.15, -0.1) is 0 Å². The molecule has 3 nitrogen and oxygen atoms in total. The summed E-state index contributed by atoms with van der Waals surface area (Å²) in [5.41, 5.74) is 0.0284. The number of halogens is 2. The van der Waals surface area contributed by atoms with Crippen molar-refractivity contribution >= 4 is 29.3 Å². The van der Waals surface area contributed by atoms with Gasteiger partial charge in [-0.1, -0.05) is 41.1 Å². The molecule has 0 saturated carbocycles. The first kappa shape index (κ1) is 15.7. The Balaban J connectivity index is 2.55. The van der Waals surface area contributed by atoms with Gasteiger partial charge in [-0.05, 0) is 32.9 Å². The van der Waals surface area contributed by atoms with Crippen molar-refractivity contribution in [1.82, 2.24) is 5.32 Å². The molecule has 0 heterocycles. The summed E-state index contributed by atoms with van der Waals surface area (Å²) in [5, 5.41) is 3.49. The van der Waals surface area contributed by atoms with E-state index in [-0.39, 0.29) is 6.54 Å². The van der Waals surface area contributed by atoms with Crippen LogP contribution in [-0.4, -0.2) is 18.2 Å². The van der Waals surface area contributed by atoms with Gasteiger partial charge in [0.2, 0.25) is 0 Å². The normalized spacial score (nSPS) is 10.4. The lowest BCUT2D eigenvalue weighted by atomic mass is 10.2. The summed E-state index contributed by atoms with van der Waals surface area (Å²) in [5.74, 6) is 5.58. The molecule has 0 bridgehead atoms. The first-order valence-electron chi connectivity index (χ1n) is 5.69. The van der Waals surface area contributed by atoms with Gasteiger partial charge < -0.3 is 10.1 Å². The predicted molar refractivity (Wildman–Crippen MR) is 77.6 cm³/mol. The third kappa shape index (κ3) is 5.87. The van der Waals surface area contributed by atoms with E-state index in [0.29, 0.717) is 15.6 Å². The van der Waals surface area contributed by atoms with Gasteiger partial charge in [-0.2, -0.15) is 0 Å². The number of benzene rings is 1. The van der Waals surface area contributed by atoms with E-state index >= 15 is 0 Å². The molecule has 1 rings (SSSR count). The Bertz CT molecular complexity index is 504. The molecule has 0 saturated heterocycles. The minimum absolute atomic E-state index is 0.163. The molecule has 5 heteroatoms. The van der Waals surface area contributed by atoms with Crippen molar-refractivity contribution in [2.45, 2.75) is 26.4 Å². The summed E-state index contributed by atoms with van der Waals surface area (Å²) >= 11 is 11.9. The number of hydrogen-bond donors (Lipinski definition) is 1. The van der Waals surface area contributed by atoms with E-state index in [1.807, 2.05) is 0 Å². The number of carbonyl (C=O) groups is 1. The van der Waals surface area contributed by atoms with E-state index in [1.54, 1.807) is 39.0 Å². The van der Waals surface area contributed by atoms with Crippen LogP contribution in [0.4, 0.5) is 4.79 Å². The van der Waals surface area contributed by atoms with Crippen LogP contribution >= 0.6 is 23.2 Å². The lowest BCUT2D eigenvalue weighted by molar-refractivity contribution is 0.0535. The minimum atomic E-state index is -0.524.